The zero-order valence-corrected chi connectivity index (χ0v) is 10.7. The summed E-state index contributed by atoms with van der Waals surface area (Å²) in [6.45, 7) is 0. The molecule has 0 atom stereocenters. The van der Waals surface area contributed by atoms with Gasteiger partial charge in [-0.2, -0.15) is 0 Å². The first kappa shape index (κ1) is 11.0. The molecule has 3 heteroatoms. The Hall–Kier alpha value is -0.500. The molecule has 0 amide bonds. The van der Waals surface area contributed by atoms with Crippen molar-refractivity contribution in [3.05, 3.63) is 57.0 Å². The van der Waals surface area contributed by atoms with Crippen molar-refractivity contribution in [1.29, 1.82) is 0 Å². The third-order valence-electron chi connectivity index (χ3n) is 2.03. The van der Waals surface area contributed by atoms with E-state index in [0.717, 1.165) is 15.6 Å². The highest BCUT2D eigenvalue weighted by Gasteiger charge is 2.06. The van der Waals surface area contributed by atoms with Crippen molar-refractivity contribution >= 4 is 39.1 Å². The van der Waals surface area contributed by atoms with Crippen molar-refractivity contribution in [3.8, 4) is 11.1 Å². The fraction of sp³-hybridized carbons (Fsp3) is 0. The van der Waals surface area contributed by atoms with Crippen molar-refractivity contribution in [3.63, 3.8) is 0 Å². The van der Waals surface area contributed by atoms with Gasteiger partial charge in [-0.15, -0.1) is 0 Å². The summed E-state index contributed by atoms with van der Waals surface area (Å²) in [5.41, 5.74) is 1.95. The van der Waals surface area contributed by atoms with Gasteiger partial charge in [0.25, 0.3) is 0 Å². The average Bonchev–Trinajstić information content (AvgIpc) is 2.22. The van der Waals surface area contributed by atoms with Gasteiger partial charge in [0.15, 0.2) is 0 Å². The van der Waals surface area contributed by atoms with Gasteiger partial charge in [0.05, 0.1) is 10.0 Å². The van der Waals surface area contributed by atoms with Gasteiger partial charge in [-0.3, -0.25) is 0 Å². The van der Waals surface area contributed by atoms with Crippen LogP contribution >= 0.6 is 39.1 Å². The van der Waals surface area contributed by atoms with Crippen LogP contribution in [-0.4, -0.2) is 0 Å². The Morgan fingerprint density at radius 2 is 1.93 bits per heavy atom. The summed E-state index contributed by atoms with van der Waals surface area (Å²) < 4.78 is 0.899. The molecule has 0 aliphatic rings. The highest BCUT2D eigenvalue weighted by molar-refractivity contribution is 9.10. The molecule has 0 bridgehead atoms. The molecule has 0 saturated carbocycles. The van der Waals surface area contributed by atoms with Gasteiger partial charge >= 0.3 is 0 Å². The second kappa shape index (κ2) is 4.56. The van der Waals surface area contributed by atoms with E-state index in [2.05, 4.69) is 22.0 Å². The monoisotopic (exact) mass is 299 g/mol. The third kappa shape index (κ3) is 2.36. The number of hydrogen-bond acceptors (Lipinski definition) is 0. The van der Waals surface area contributed by atoms with Crippen LogP contribution < -0.4 is 0 Å². The molecule has 0 saturated heterocycles. The van der Waals surface area contributed by atoms with E-state index >= 15 is 0 Å². The Kier molecular flexibility index (Phi) is 3.35. The van der Waals surface area contributed by atoms with E-state index in [1.54, 1.807) is 6.07 Å². The maximum absolute atomic E-state index is 6.12. The molecule has 2 aromatic rings. The van der Waals surface area contributed by atoms with Gasteiger partial charge in [0.2, 0.25) is 0 Å². The van der Waals surface area contributed by atoms with Crippen LogP contribution in [0.15, 0.2) is 40.9 Å². The van der Waals surface area contributed by atoms with Crippen LogP contribution in [0.1, 0.15) is 0 Å². The lowest BCUT2D eigenvalue weighted by Crippen LogP contribution is -1.80. The molecule has 1 radical (unpaired) electrons. The molecule has 0 unspecified atom stereocenters. The van der Waals surface area contributed by atoms with E-state index in [4.69, 9.17) is 23.2 Å². The van der Waals surface area contributed by atoms with E-state index < -0.39 is 0 Å². The van der Waals surface area contributed by atoms with Crippen LogP contribution in [-0.2, 0) is 0 Å². The molecule has 0 aliphatic carbocycles. The Bertz CT molecular complexity index is 495. The van der Waals surface area contributed by atoms with E-state index in [1.807, 2.05) is 30.3 Å². The molecule has 2 aromatic carbocycles. The Balaban J connectivity index is 2.59. The van der Waals surface area contributed by atoms with Gasteiger partial charge in [-0.25, -0.2) is 0 Å². The highest BCUT2D eigenvalue weighted by atomic mass is 79.9. The van der Waals surface area contributed by atoms with Crippen LogP contribution in [0.4, 0.5) is 0 Å². The summed E-state index contributed by atoms with van der Waals surface area (Å²) in [6.07, 6.45) is 0. The molecule has 0 aliphatic heterocycles. The van der Waals surface area contributed by atoms with Crippen molar-refractivity contribution in [2.45, 2.75) is 0 Å². The summed E-state index contributed by atoms with van der Waals surface area (Å²) >= 11 is 15.4. The normalized spacial score (nSPS) is 10.3. The predicted octanol–water partition coefficient (Wildman–Crippen LogP) is 5.22. The molecule has 75 valence electrons. The smallest absolute Gasteiger partial charge is 0.0670 e. The highest BCUT2D eigenvalue weighted by Crippen LogP contribution is 2.34. The molecule has 15 heavy (non-hydrogen) atoms. The van der Waals surface area contributed by atoms with Gasteiger partial charge < -0.3 is 0 Å². The molecular weight excluding hydrogens is 295 g/mol. The first-order valence-electron chi connectivity index (χ1n) is 4.30. The molecule has 0 nitrogen and oxygen atoms in total. The predicted molar refractivity (Wildman–Crippen MR) is 68.4 cm³/mol. The molecule has 0 N–H and O–H groups in total. The zero-order chi connectivity index (χ0) is 10.8. The second-order valence-electron chi connectivity index (χ2n) is 3.03. The van der Waals surface area contributed by atoms with Crippen LogP contribution in [0.2, 0.25) is 10.0 Å². The standard InChI is InChI=1S/C12H6BrCl2/c13-9-4-1-3-8(7-9)10-5-2-6-11(14)12(10)15/h1-3,5-7H. The van der Waals surface area contributed by atoms with Gasteiger partial charge in [-0.05, 0) is 23.8 Å². The molecule has 2 rings (SSSR count). The van der Waals surface area contributed by atoms with Crippen molar-refractivity contribution < 1.29 is 0 Å². The fourth-order valence-electron chi connectivity index (χ4n) is 1.33. The lowest BCUT2D eigenvalue weighted by molar-refractivity contribution is 1.58. The van der Waals surface area contributed by atoms with Crippen molar-refractivity contribution in [2.24, 2.45) is 0 Å². The van der Waals surface area contributed by atoms with Crippen molar-refractivity contribution in [1.82, 2.24) is 0 Å². The quantitative estimate of drug-likeness (QED) is 0.677. The van der Waals surface area contributed by atoms with Gasteiger partial charge in [0, 0.05) is 10.0 Å². The number of rotatable bonds is 1. The largest absolute Gasteiger partial charge is 0.0827 e. The second-order valence-corrected chi connectivity index (χ2v) is 4.67. The zero-order valence-electron chi connectivity index (χ0n) is 7.60. The van der Waals surface area contributed by atoms with Crippen molar-refractivity contribution in [2.75, 3.05) is 0 Å². The third-order valence-corrected chi connectivity index (χ3v) is 3.31. The van der Waals surface area contributed by atoms with E-state index in [9.17, 15) is 0 Å². The average molecular weight is 301 g/mol. The summed E-state index contributed by atoms with van der Waals surface area (Å²) in [7, 11) is 0. The first-order chi connectivity index (χ1) is 7.18. The molecular formula is C12H6BrCl2. The molecule has 0 spiro atoms. The van der Waals surface area contributed by atoms with Crippen LogP contribution in [0.5, 0.6) is 0 Å². The topological polar surface area (TPSA) is 0 Å². The molecule has 0 aromatic heterocycles. The van der Waals surface area contributed by atoms with Crippen LogP contribution in [0.25, 0.3) is 11.1 Å². The minimum atomic E-state index is 0.568. The maximum atomic E-state index is 6.12. The summed E-state index contributed by atoms with van der Waals surface area (Å²) in [5.74, 6) is 0. The minimum absolute atomic E-state index is 0.568. The van der Waals surface area contributed by atoms with Gasteiger partial charge in [-0.1, -0.05) is 63.4 Å². The summed E-state index contributed by atoms with van der Waals surface area (Å²) in [4.78, 5) is 0. The summed E-state index contributed by atoms with van der Waals surface area (Å²) in [5, 5.41) is 1.15. The van der Waals surface area contributed by atoms with E-state index in [0.29, 0.717) is 10.0 Å². The SMILES string of the molecule is Clc1cccc(-c2cc[c]c(Br)c2)c1Cl. The van der Waals surface area contributed by atoms with Crippen LogP contribution in [0, 0.1) is 6.07 Å². The Morgan fingerprint density at radius 3 is 2.67 bits per heavy atom. The Labute approximate surface area is 107 Å². The van der Waals surface area contributed by atoms with Gasteiger partial charge in [0.1, 0.15) is 0 Å². The lowest BCUT2D eigenvalue weighted by Gasteiger charge is -2.05. The lowest BCUT2D eigenvalue weighted by atomic mass is 10.1. The molecule has 0 fully saturated rings. The number of hydrogen-bond donors (Lipinski definition) is 0. The van der Waals surface area contributed by atoms with E-state index in [1.165, 1.54) is 0 Å². The summed E-state index contributed by atoms with van der Waals surface area (Å²) in [6, 6.07) is 14.4. The number of benzene rings is 2. The maximum Gasteiger partial charge on any atom is 0.0670 e. The minimum Gasteiger partial charge on any atom is -0.0827 e. The first-order valence-corrected chi connectivity index (χ1v) is 5.85. The fourth-order valence-corrected chi connectivity index (χ4v) is 2.12. The Morgan fingerprint density at radius 1 is 1.13 bits per heavy atom. The number of halogens is 3. The van der Waals surface area contributed by atoms with E-state index in [-0.39, 0.29) is 0 Å². The van der Waals surface area contributed by atoms with Crippen LogP contribution in [0.3, 0.4) is 0 Å². The molecule has 0 heterocycles.